The van der Waals surface area contributed by atoms with Gasteiger partial charge in [-0.3, -0.25) is 4.68 Å². The van der Waals surface area contributed by atoms with Crippen molar-refractivity contribution in [3.63, 3.8) is 0 Å². The van der Waals surface area contributed by atoms with Crippen LogP contribution in [0, 0.1) is 13.8 Å². The van der Waals surface area contributed by atoms with Crippen LogP contribution in [0.4, 0.5) is 0 Å². The van der Waals surface area contributed by atoms with Crippen LogP contribution < -0.4 is 14.8 Å². The van der Waals surface area contributed by atoms with Crippen molar-refractivity contribution in [1.82, 2.24) is 19.7 Å². The molecular weight excluding hydrogens is 692 g/mol. The summed E-state index contributed by atoms with van der Waals surface area (Å²) in [4.78, 5) is 13.8. The average molecular weight is 736 g/mol. The summed E-state index contributed by atoms with van der Waals surface area (Å²) in [5, 5.41) is 10.6. The van der Waals surface area contributed by atoms with Gasteiger partial charge in [0, 0.05) is 40.5 Å². The van der Waals surface area contributed by atoms with Crippen molar-refractivity contribution < 1.29 is 19.0 Å². The minimum absolute atomic E-state index is 0.291. The molecule has 0 saturated heterocycles. The summed E-state index contributed by atoms with van der Waals surface area (Å²) in [6.45, 7) is 8.34. The maximum Gasteiger partial charge on any atom is 0.355 e. The molecule has 5 aromatic rings. The summed E-state index contributed by atoms with van der Waals surface area (Å²) in [5.41, 5.74) is 8.39. The molecule has 254 valence electrons. The highest BCUT2D eigenvalue weighted by molar-refractivity contribution is 9.08. The van der Waals surface area contributed by atoms with Gasteiger partial charge in [0.1, 0.15) is 29.5 Å². The van der Waals surface area contributed by atoms with Gasteiger partial charge in [0.25, 0.3) is 0 Å². The van der Waals surface area contributed by atoms with Gasteiger partial charge in [0.05, 0.1) is 24.4 Å². The number of carbonyl (C=O) groups is 1. The smallest absolute Gasteiger partial charge is 0.355 e. The third-order valence-corrected chi connectivity index (χ3v) is 9.59. The van der Waals surface area contributed by atoms with E-state index in [1.807, 2.05) is 82.0 Å². The fraction of sp³-hybridized carbons (Fsp3) is 0.368. The number of ether oxygens (including phenoxy) is 3. The molecule has 0 amide bonds. The molecule has 0 radical (unpaired) electrons. The predicted octanol–water partition coefficient (Wildman–Crippen LogP) is 8.58. The second-order valence-corrected chi connectivity index (χ2v) is 12.7. The summed E-state index contributed by atoms with van der Waals surface area (Å²) in [6, 6.07) is 20.0. The molecule has 0 atom stereocenters. The molecule has 2 heterocycles. The Kier molecular flexibility index (Phi) is 12.2. The van der Waals surface area contributed by atoms with Gasteiger partial charge in [0.15, 0.2) is 0 Å². The lowest BCUT2D eigenvalue weighted by molar-refractivity contribution is 0.0512. The molecule has 0 aliphatic heterocycles. The van der Waals surface area contributed by atoms with Gasteiger partial charge < -0.3 is 24.1 Å². The molecular formula is C38H44BrClN4O4. The van der Waals surface area contributed by atoms with Gasteiger partial charge in [-0.2, -0.15) is 5.10 Å². The number of hydrogen-bond donors (Lipinski definition) is 1. The quantitative estimate of drug-likeness (QED) is 0.0622. The molecule has 10 heteroatoms. The zero-order valence-electron chi connectivity index (χ0n) is 28.4. The van der Waals surface area contributed by atoms with Gasteiger partial charge >= 0.3 is 5.97 Å². The molecule has 2 aromatic heterocycles. The fourth-order valence-corrected chi connectivity index (χ4v) is 7.04. The van der Waals surface area contributed by atoms with E-state index in [0.29, 0.717) is 50.2 Å². The number of esters is 1. The highest BCUT2D eigenvalue weighted by Crippen LogP contribution is 2.39. The van der Waals surface area contributed by atoms with Crippen LogP contribution in [-0.4, -0.2) is 47.1 Å². The highest BCUT2D eigenvalue weighted by atomic mass is 79.9. The summed E-state index contributed by atoms with van der Waals surface area (Å²) in [5.74, 6) is 1.26. The normalized spacial score (nSPS) is 11.3. The first kappa shape index (κ1) is 35.5. The SMILES string of the molecule is CCOC(=O)c1c(CCCOc2cc(C)c(Cl)c(C)c2)c2cccc(-c3c(COc4ccccc4)nn(C)c3CBr)c2n1CCCNC. The molecule has 0 fully saturated rings. The largest absolute Gasteiger partial charge is 0.494 e. The Hall–Kier alpha value is -3.79. The Morgan fingerprint density at radius 1 is 1.00 bits per heavy atom. The van der Waals surface area contributed by atoms with E-state index in [9.17, 15) is 4.79 Å². The molecule has 48 heavy (non-hydrogen) atoms. The average Bonchev–Trinajstić information content (AvgIpc) is 3.58. The van der Waals surface area contributed by atoms with Gasteiger partial charge in [-0.05, 0) is 94.6 Å². The van der Waals surface area contributed by atoms with Crippen molar-refractivity contribution in [3.05, 3.63) is 99.5 Å². The third kappa shape index (κ3) is 7.74. The molecule has 0 aliphatic carbocycles. The molecule has 0 aliphatic rings. The maximum atomic E-state index is 13.8. The molecule has 0 spiro atoms. The van der Waals surface area contributed by atoms with Gasteiger partial charge in [-0.15, -0.1) is 0 Å². The van der Waals surface area contributed by atoms with Crippen LogP contribution in [0.5, 0.6) is 11.5 Å². The van der Waals surface area contributed by atoms with E-state index in [1.54, 1.807) is 0 Å². The van der Waals surface area contributed by atoms with E-state index in [4.69, 9.17) is 30.9 Å². The minimum Gasteiger partial charge on any atom is -0.494 e. The van der Waals surface area contributed by atoms with E-state index >= 15 is 0 Å². The lowest BCUT2D eigenvalue weighted by Crippen LogP contribution is -2.17. The summed E-state index contributed by atoms with van der Waals surface area (Å²) in [6.07, 6.45) is 2.19. The second-order valence-electron chi connectivity index (χ2n) is 11.8. The van der Waals surface area contributed by atoms with Crippen LogP contribution in [0.2, 0.25) is 5.02 Å². The number of halogens is 2. The van der Waals surface area contributed by atoms with E-state index in [0.717, 1.165) is 79.6 Å². The van der Waals surface area contributed by atoms with Crippen LogP contribution >= 0.6 is 27.5 Å². The van der Waals surface area contributed by atoms with E-state index in [1.165, 1.54) is 0 Å². The standard InChI is InChI=1S/C38H44BrClN4O4/c1-6-46-38(45)37-30(17-11-20-47-28-21-25(2)35(40)26(3)22-28)29-15-10-16-31(36(29)44(37)19-12-18-41-4)34-32(42-43(5)33(34)23-39)24-48-27-13-8-7-9-14-27/h7-10,13-16,21-22,41H,6,11-12,17-20,23-24H2,1-5H3. The monoisotopic (exact) mass is 734 g/mol. The maximum absolute atomic E-state index is 13.8. The van der Waals surface area contributed by atoms with Crippen molar-refractivity contribution in [2.24, 2.45) is 7.05 Å². The van der Waals surface area contributed by atoms with Crippen molar-refractivity contribution in [2.75, 3.05) is 26.8 Å². The van der Waals surface area contributed by atoms with Crippen LogP contribution in [-0.2, 0) is 36.7 Å². The van der Waals surface area contributed by atoms with Crippen LogP contribution in [0.3, 0.4) is 0 Å². The number of nitrogens with one attached hydrogen (secondary N) is 1. The third-order valence-electron chi connectivity index (χ3n) is 8.47. The number of nitrogens with zero attached hydrogens (tertiary/aromatic N) is 3. The predicted molar refractivity (Wildman–Crippen MR) is 197 cm³/mol. The number of carbonyl (C=O) groups excluding carboxylic acids is 1. The molecule has 5 rings (SSSR count). The zero-order valence-corrected chi connectivity index (χ0v) is 30.7. The Balaban J connectivity index is 1.60. The van der Waals surface area contributed by atoms with E-state index < -0.39 is 0 Å². The first-order valence-corrected chi connectivity index (χ1v) is 17.9. The minimum atomic E-state index is -0.316. The first-order chi connectivity index (χ1) is 23.3. The lowest BCUT2D eigenvalue weighted by Gasteiger charge is -2.14. The molecule has 1 N–H and O–H groups in total. The molecule has 3 aromatic carbocycles. The van der Waals surface area contributed by atoms with Crippen molar-refractivity contribution in [3.8, 4) is 22.6 Å². The molecule has 8 nitrogen and oxygen atoms in total. The number of aromatic nitrogens is 3. The lowest BCUT2D eigenvalue weighted by atomic mass is 9.98. The Bertz CT molecular complexity index is 1850. The van der Waals surface area contributed by atoms with Crippen molar-refractivity contribution in [2.45, 2.75) is 58.5 Å². The Labute approximate surface area is 296 Å². The Morgan fingerprint density at radius 3 is 2.44 bits per heavy atom. The number of benzene rings is 3. The van der Waals surface area contributed by atoms with Crippen molar-refractivity contribution in [1.29, 1.82) is 0 Å². The number of hydrogen-bond acceptors (Lipinski definition) is 6. The van der Waals surface area contributed by atoms with Crippen LogP contribution in [0.25, 0.3) is 22.0 Å². The first-order valence-electron chi connectivity index (χ1n) is 16.4. The van der Waals surface area contributed by atoms with Crippen LogP contribution in [0.15, 0.2) is 60.7 Å². The number of rotatable bonds is 16. The number of aryl methyl sites for hydroxylation is 5. The number of para-hydroxylation sites is 2. The van der Waals surface area contributed by atoms with Crippen molar-refractivity contribution >= 4 is 44.4 Å². The summed E-state index contributed by atoms with van der Waals surface area (Å²) in [7, 11) is 3.90. The van der Waals surface area contributed by atoms with E-state index in [-0.39, 0.29) is 5.97 Å². The number of alkyl halides is 1. The molecule has 0 unspecified atom stereocenters. The van der Waals surface area contributed by atoms with E-state index in [2.05, 4.69) is 44.0 Å². The van der Waals surface area contributed by atoms with Crippen LogP contribution in [0.1, 0.15) is 58.3 Å². The van der Waals surface area contributed by atoms with Gasteiger partial charge in [0.2, 0.25) is 0 Å². The zero-order chi connectivity index (χ0) is 34.2. The van der Waals surface area contributed by atoms with Gasteiger partial charge in [-0.1, -0.05) is 63.9 Å². The van der Waals surface area contributed by atoms with Gasteiger partial charge in [-0.25, -0.2) is 4.79 Å². The molecule has 0 saturated carbocycles. The Morgan fingerprint density at radius 2 is 1.75 bits per heavy atom. The summed E-state index contributed by atoms with van der Waals surface area (Å²) < 4.78 is 22.2. The second kappa shape index (κ2) is 16.5. The fourth-order valence-electron chi connectivity index (χ4n) is 6.29. The topological polar surface area (TPSA) is 79.5 Å². The highest BCUT2D eigenvalue weighted by Gasteiger charge is 2.28. The molecule has 0 bridgehead atoms. The summed E-state index contributed by atoms with van der Waals surface area (Å²) >= 11 is 10.1. The number of fused-ring (bicyclic) bond motifs is 1.